The van der Waals surface area contributed by atoms with Crippen LogP contribution < -0.4 is 5.73 Å². The number of aryl methyl sites for hydroxylation is 2. The minimum Gasteiger partial charge on any atom is -0.383 e. The number of aromatic nitrogens is 2. The van der Waals surface area contributed by atoms with Crippen LogP contribution in [0, 0.1) is 13.8 Å². The molecule has 108 valence electrons. The van der Waals surface area contributed by atoms with E-state index in [1.807, 2.05) is 11.7 Å². The van der Waals surface area contributed by atoms with Crippen molar-refractivity contribution in [3.63, 3.8) is 0 Å². The summed E-state index contributed by atoms with van der Waals surface area (Å²) in [6.45, 7) is 6.99. The zero-order valence-corrected chi connectivity index (χ0v) is 12.5. The van der Waals surface area contributed by atoms with Gasteiger partial charge in [0.1, 0.15) is 0 Å². The number of nitrogens with zero attached hydrogens (tertiary/aromatic N) is 3. The Morgan fingerprint density at radius 2 is 2.16 bits per heavy atom. The molecular formula is C14H26N4O. The Balaban J connectivity index is 2.30. The second kappa shape index (κ2) is 6.03. The molecule has 2 rings (SSSR count). The Bertz CT molecular complexity index is 429. The molecule has 5 heteroatoms. The van der Waals surface area contributed by atoms with E-state index in [1.165, 1.54) is 17.7 Å². The summed E-state index contributed by atoms with van der Waals surface area (Å²) in [7, 11) is 3.75. The van der Waals surface area contributed by atoms with Crippen LogP contribution in [-0.4, -0.2) is 47.5 Å². The van der Waals surface area contributed by atoms with Gasteiger partial charge in [-0.1, -0.05) is 0 Å². The number of rotatable bonds is 4. The molecule has 1 aliphatic rings. The minimum absolute atomic E-state index is 0.187. The lowest BCUT2D eigenvalue weighted by Gasteiger charge is -2.40. The van der Waals surface area contributed by atoms with Gasteiger partial charge in [0, 0.05) is 38.0 Å². The predicted molar refractivity (Wildman–Crippen MR) is 76.1 cm³/mol. The molecule has 0 radical (unpaired) electrons. The highest BCUT2D eigenvalue weighted by Crippen LogP contribution is 2.33. The van der Waals surface area contributed by atoms with Gasteiger partial charge < -0.3 is 10.5 Å². The molecule has 0 spiro atoms. The van der Waals surface area contributed by atoms with Gasteiger partial charge >= 0.3 is 0 Å². The molecule has 2 N–H and O–H groups in total. The number of nitrogens with two attached hydrogens (primary N) is 1. The Labute approximate surface area is 115 Å². The van der Waals surface area contributed by atoms with Crippen molar-refractivity contribution in [2.45, 2.75) is 38.8 Å². The number of hydrogen-bond acceptors (Lipinski definition) is 4. The molecule has 2 unspecified atom stereocenters. The van der Waals surface area contributed by atoms with Crippen LogP contribution in [0.1, 0.15) is 35.8 Å². The van der Waals surface area contributed by atoms with E-state index in [0.29, 0.717) is 0 Å². The summed E-state index contributed by atoms with van der Waals surface area (Å²) in [6, 6.07) is 0.463. The molecule has 0 saturated carbocycles. The average molecular weight is 266 g/mol. The normalized spacial score (nSPS) is 24.9. The van der Waals surface area contributed by atoms with Crippen molar-refractivity contribution >= 4 is 0 Å². The average Bonchev–Trinajstić information content (AvgIpc) is 2.62. The van der Waals surface area contributed by atoms with Crippen molar-refractivity contribution in [3.8, 4) is 0 Å². The maximum absolute atomic E-state index is 6.40. The minimum atomic E-state index is 0.187. The second-order valence-corrected chi connectivity index (χ2v) is 5.49. The summed E-state index contributed by atoms with van der Waals surface area (Å²) < 4.78 is 7.19. The van der Waals surface area contributed by atoms with Crippen LogP contribution in [0.15, 0.2) is 0 Å². The first-order valence-electron chi connectivity index (χ1n) is 7.05. The highest BCUT2D eigenvalue weighted by molar-refractivity contribution is 5.30. The van der Waals surface area contributed by atoms with Gasteiger partial charge in [0.15, 0.2) is 0 Å². The first-order valence-corrected chi connectivity index (χ1v) is 7.05. The topological polar surface area (TPSA) is 56.3 Å². The van der Waals surface area contributed by atoms with Gasteiger partial charge in [-0.3, -0.25) is 9.58 Å². The summed E-state index contributed by atoms with van der Waals surface area (Å²) >= 11 is 0. The van der Waals surface area contributed by atoms with Crippen LogP contribution in [0.4, 0.5) is 0 Å². The SMILES string of the molecule is COCCN1CCCC(N)C1c1c(C)nn(C)c1C. The lowest BCUT2D eigenvalue weighted by Crippen LogP contribution is -2.47. The van der Waals surface area contributed by atoms with E-state index < -0.39 is 0 Å². The highest BCUT2D eigenvalue weighted by Gasteiger charge is 2.33. The van der Waals surface area contributed by atoms with Crippen LogP contribution >= 0.6 is 0 Å². The predicted octanol–water partition coefficient (Wildman–Crippen LogP) is 1.15. The summed E-state index contributed by atoms with van der Waals surface area (Å²) in [5, 5.41) is 4.54. The summed E-state index contributed by atoms with van der Waals surface area (Å²) in [5.41, 5.74) is 10.0. The number of likely N-dealkylation sites (tertiary alicyclic amines) is 1. The molecule has 1 saturated heterocycles. The molecule has 1 aliphatic heterocycles. The Hall–Kier alpha value is -0.910. The van der Waals surface area contributed by atoms with E-state index in [-0.39, 0.29) is 12.1 Å². The fraction of sp³-hybridized carbons (Fsp3) is 0.786. The first kappa shape index (κ1) is 14.5. The lowest BCUT2D eigenvalue weighted by atomic mass is 9.90. The van der Waals surface area contributed by atoms with Crippen molar-refractivity contribution in [3.05, 3.63) is 17.0 Å². The van der Waals surface area contributed by atoms with Gasteiger partial charge in [0.2, 0.25) is 0 Å². The largest absolute Gasteiger partial charge is 0.383 e. The standard InChI is InChI=1S/C14H26N4O/c1-10-13(11(2)17(3)16-10)14-12(15)6-5-7-18(14)8-9-19-4/h12,14H,5-9,15H2,1-4H3. The highest BCUT2D eigenvalue weighted by atomic mass is 16.5. The number of hydrogen-bond donors (Lipinski definition) is 1. The molecule has 0 bridgehead atoms. The monoisotopic (exact) mass is 266 g/mol. The van der Waals surface area contributed by atoms with Gasteiger partial charge in [0.25, 0.3) is 0 Å². The molecule has 19 heavy (non-hydrogen) atoms. The Morgan fingerprint density at radius 1 is 1.42 bits per heavy atom. The Morgan fingerprint density at radius 3 is 2.74 bits per heavy atom. The van der Waals surface area contributed by atoms with Crippen LogP contribution in [-0.2, 0) is 11.8 Å². The van der Waals surface area contributed by atoms with E-state index in [0.717, 1.165) is 31.8 Å². The summed E-state index contributed by atoms with van der Waals surface area (Å²) in [5.74, 6) is 0. The third-order valence-electron chi connectivity index (χ3n) is 4.23. The van der Waals surface area contributed by atoms with E-state index in [1.54, 1.807) is 7.11 Å². The molecule has 5 nitrogen and oxygen atoms in total. The zero-order chi connectivity index (χ0) is 14.0. The molecule has 2 atom stereocenters. The van der Waals surface area contributed by atoms with Crippen molar-refractivity contribution in [2.75, 3.05) is 26.8 Å². The smallest absolute Gasteiger partial charge is 0.0644 e. The third-order valence-corrected chi connectivity index (χ3v) is 4.23. The molecule has 0 amide bonds. The Kier molecular flexibility index (Phi) is 4.60. The van der Waals surface area contributed by atoms with Crippen LogP contribution in [0.5, 0.6) is 0 Å². The van der Waals surface area contributed by atoms with E-state index in [2.05, 4.69) is 23.8 Å². The zero-order valence-electron chi connectivity index (χ0n) is 12.5. The van der Waals surface area contributed by atoms with Gasteiger partial charge in [-0.15, -0.1) is 0 Å². The maximum atomic E-state index is 6.40. The number of methoxy groups -OCH3 is 1. The summed E-state index contributed by atoms with van der Waals surface area (Å²) in [4.78, 5) is 2.45. The van der Waals surface area contributed by atoms with Gasteiger partial charge in [-0.05, 0) is 33.2 Å². The number of ether oxygens (including phenoxy) is 1. The van der Waals surface area contributed by atoms with E-state index in [9.17, 15) is 0 Å². The fourth-order valence-electron chi connectivity index (χ4n) is 3.17. The van der Waals surface area contributed by atoms with Gasteiger partial charge in [-0.25, -0.2) is 0 Å². The molecule has 0 aromatic carbocycles. The van der Waals surface area contributed by atoms with Crippen molar-refractivity contribution in [2.24, 2.45) is 12.8 Å². The lowest BCUT2D eigenvalue weighted by molar-refractivity contribution is 0.0842. The van der Waals surface area contributed by atoms with E-state index >= 15 is 0 Å². The van der Waals surface area contributed by atoms with Gasteiger partial charge in [-0.2, -0.15) is 5.10 Å². The summed E-state index contributed by atoms with van der Waals surface area (Å²) in [6.07, 6.45) is 2.25. The van der Waals surface area contributed by atoms with Crippen molar-refractivity contribution in [1.82, 2.24) is 14.7 Å². The molecule has 0 aliphatic carbocycles. The van der Waals surface area contributed by atoms with E-state index in [4.69, 9.17) is 10.5 Å². The number of piperidine rings is 1. The fourth-order valence-corrected chi connectivity index (χ4v) is 3.17. The second-order valence-electron chi connectivity index (χ2n) is 5.49. The molecule has 1 aromatic heterocycles. The molecule has 1 aromatic rings. The van der Waals surface area contributed by atoms with Crippen molar-refractivity contribution in [1.29, 1.82) is 0 Å². The van der Waals surface area contributed by atoms with Gasteiger partial charge in [0.05, 0.1) is 18.3 Å². The van der Waals surface area contributed by atoms with Crippen molar-refractivity contribution < 1.29 is 4.74 Å². The third kappa shape index (κ3) is 2.83. The first-order chi connectivity index (χ1) is 9.06. The quantitative estimate of drug-likeness (QED) is 0.888. The van der Waals surface area contributed by atoms with Crippen LogP contribution in [0.25, 0.3) is 0 Å². The van der Waals surface area contributed by atoms with Crippen LogP contribution in [0.2, 0.25) is 0 Å². The molecule has 2 heterocycles. The van der Waals surface area contributed by atoms with Crippen LogP contribution in [0.3, 0.4) is 0 Å². The maximum Gasteiger partial charge on any atom is 0.0644 e. The molecule has 1 fully saturated rings. The molecular weight excluding hydrogens is 240 g/mol.